The Kier molecular flexibility index (Phi) is 9.38. The van der Waals surface area contributed by atoms with Crippen LogP contribution in [0, 0.1) is 5.92 Å². The summed E-state index contributed by atoms with van der Waals surface area (Å²) in [6.07, 6.45) is 15.8. The van der Waals surface area contributed by atoms with Crippen molar-refractivity contribution >= 4 is 5.91 Å². The molecule has 1 atom stereocenters. The van der Waals surface area contributed by atoms with E-state index in [0.717, 1.165) is 25.7 Å². The minimum absolute atomic E-state index is 0.123. The van der Waals surface area contributed by atoms with Gasteiger partial charge in [-0.1, -0.05) is 62.6 Å². The molecule has 0 aliphatic heterocycles. The molecule has 0 heterocycles. The Morgan fingerprint density at radius 2 is 1.88 bits per heavy atom. The predicted molar refractivity (Wildman–Crippen MR) is 69.9 cm³/mol. The maximum Gasteiger partial charge on any atom is 0.224 e. The fraction of sp³-hybridized carbons (Fsp3) is 0.500. The standard InChI is InChI=1S/C14H23NO/c1-3-5-7-8-10-12-13(14(15)16)11-9-6-4-2/h3,5,7-8,10,12-13H,4,6,9,11H2,1-2H3,(H2,15,16). The quantitative estimate of drug-likeness (QED) is 0.495. The molecule has 2 heteroatoms. The van der Waals surface area contributed by atoms with Gasteiger partial charge in [-0.05, 0) is 13.3 Å². The van der Waals surface area contributed by atoms with E-state index in [1.165, 1.54) is 0 Å². The van der Waals surface area contributed by atoms with E-state index in [1.54, 1.807) is 0 Å². The van der Waals surface area contributed by atoms with Gasteiger partial charge in [0.05, 0.1) is 5.92 Å². The highest BCUT2D eigenvalue weighted by Crippen LogP contribution is 2.11. The van der Waals surface area contributed by atoms with E-state index in [2.05, 4.69) is 6.92 Å². The smallest absolute Gasteiger partial charge is 0.224 e. The third kappa shape index (κ3) is 8.04. The summed E-state index contributed by atoms with van der Waals surface area (Å²) in [6, 6.07) is 0. The van der Waals surface area contributed by atoms with Gasteiger partial charge in [-0.25, -0.2) is 0 Å². The molecular weight excluding hydrogens is 198 g/mol. The second kappa shape index (κ2) is 10.2. The van der Waals surface area contributed by atoms with Gasteiger partial charge in [0.25, 0.3) is 0 Å². The fourth-order valence-electron chi connectivity index (χ4n) is 1.39. The van der Waals surface area contributed by atoms with Gasteiger partial charge in [-0.2, -0.15) is 0 Å². The molecule has 0 aromatic rings. The van der Waals surface area contributed by atoms with E-state index in [4.69, 9.17) is 5.73 Å². The number of primary amides is 1. The van der Waals surface area contributed by atoms with Crippen LogP contribution in [-0.4, -0.2) is 5.91 Å². The first kappa shape index (κ1) is 14.7. The predicted octanol–water partition coefficient (Wildman–Crippen LogP) is 3.36. The van der Waals surface area contributed by atoms with E-state index >= 15 is 0 Å². The Bertz CT molecular complexity index is 264. The number of hydrogen-bond donors (Lipinski definition) is 1. The second-order valence-corrected chi connectivity index (χ2v) is 3.80. The van der Waals surface area contributed by atoms with Gasteiger partial charge in [-0.3, -0.25) is 4.79 Å². The van der Waals surface area contributed by atoms with Crippen LogP contribution < -0.4 is 5.73 Å². The number of rotatable bonds is 8. The minimum Gasteiger partial charge on any atom is -0.369 e. The molecule has 2 nitrogen and oxygen atoms in total. The summed E-state index contributed by atoms with van der Waals surface area (Å²) < 4.78 is 0. The van der Waals surface area contributed by atoms with Crippen LogP contribution in [0.1, 0.15) is 39.5 Å². The first-order valence-corrected chi connectivity index (χ1v) is 5.97. The molecule has 0 rings (SSSR count). The highest BCUT2D eigenvalue weighted by atomic mass is 16.1. The molecule has 0 saturated carbocycles. The molecule has 0 saturated heterocycles. The summed E-state index contributed by atoms with van der Waals surface area (Å²) >= 11 is 0. The van der Waals surface area contributed by atoms with Gasteiger partial charge in [0.15, 0.2) is 0 Å². The number of unbranched alkanes of at least 4 members (excludes halogenated alkanes) is 2. The van der Waals surface area contributed by atoms with Crippen LogP contribution in [0.3, 0.4) is 0 Å². The van der Waals surface area contributed by atoms with Gasteiger partial charge >= 0.3 is 0 Å². The molecule has 0 aromatic carbocycles. The molecule has 90 valence electrons. The van der Waals surface area contributed by atoms with Gasteiger partial charge in [0.1, 0.15) is 0 Å². The lowest BCUT2D eigenvalue weighted by molar-refractivity contribution is -0.120. The molecule has 1 unspecified atom stereocenters. The summed E-state index contributed by atoms with van der Waals surface area (Å²) in [7, 11) is 0. The third-order valence-electron chi connectivity index (χ3n) is 2.35. The SMILES string of the molecule is CC=CC=CC=CC(CCCCC)C(N)=O. The number of carbonyl (C=O) groups is 1. The Morgan fingerprint density at radius 3 is 2.44 bits per heavy atom. The Morgan fingerprint density at radius 1 is 1.19 bits per heavy atom. The molecule has 0 radical (unpaired) electrons. The van der Waals surface area contributed by atoms with Crippen molar-refractivity contribution in [2.75, 3.05) is 0 Å². The summed E-state index contributed by atoms with van der Waals surface area (Å²) in [6.45, 7) is 4.11. The number of nitrogens with two attached hydrogens (primary N) is 1. The van der Waals surface area contributed by atoms with Crippen molar-refractivity contribution in [3.63, 3.8) is 0 Å². The summed E-state index contributed by atoms with van der Waals surface area (Å²) in [5.41, 5.74) is 5.33. The second-order valence-electron chi connectivity index (χ2n) is 3.80. The van der Waals surface area contributed by atoms with Crippen molar-refractivity contribution in [3.8, 4) is 0 Å². The third-order valence-corrected chi connectivity index (χ3v) is 2.35. The van der Waals surface area contributed by atoms with E-state index < -0.39 is 0 Å². The zero-order chi connectivity index (χ0) is 12.2. The number of hydrogen-bond acceptors (Lipinski definition) is 1. The fourth-order valence-corrected chi connectivity index (χ4v) is 1.39. The molecule has 1 amide bonds. The van der Waals surface area contributed by atoms with Gasteiger partial charge < -0.3 is 5.73 Å². The normalized spacial score (nSPS) is 14.1. The molecule has 0 fully saturated rings. The van der Waals surface area contributed by atoms with Crippen LogP contribution in [-0.2, 0) is 4.79 Å². The zero-order valence-corrected chi connectivity index (χ0v) is 10.4. The lowest BCUT2D eigenvalue weighted by Crippen LogP contribution is -2.21. The molecular formula is C14H23NO. The monoisotopic (exact) mass is 221 g/mol. The summed E-state index contributed by atoms with van der Waals surface area (Å²) in [5, 5.41) is 0. The molecule has 2 N–H and O–H groups in total. The van der Waals surface area contributed by atoms with Crippen LogP contribution in [0.15, 0.2) is 36.5 Å². The molecule has 0 aliphatic rings. The molecule has 0 aromatic heterocycles. The highest BCUT2D eigenvalue weighted by Gasteiger charge is 2.09. The highest BCUT2D eigenvalue weighted by molar-refractivity contribution is 5.78. The van der Waals surface area contributed by atoms with Crippen LogP contribution in [0.5, 0.6) is 0 Å². The van der Waals surface area contributed by atoms with Crippen molar-refractivity contribution in [1.29, 1.82) is 0 Å². The maximum atomic E-state index is 11.1. The molecule has 0 spiro atoms. The van der Waals surface area contributed by atoms with Crippen molar-refractivity contribution in [2.45, 2.75) is 39.5 Å². The van der Waals surface area contributed by atoms with Gasteiger partial charge in [0.2, 0.25) is 5.91 Å². The van der Waals surface area contributed by atoms with Crippen molar-refractivity contribution in [1.82, 2.24) is 0 Å². The Hall–Kier alpha value is -1.31. The van der Waals surface area contributed by atoms with Crippen LogP contribution in [0.4, 0.5) is 0 Å². The van der Waals surface area contributed by atoms with Crippen LogP contribution in [0.2, 0.25) is 0 Å². The number of amides is 1. The Balaban J connectivity index is 4.06. The average Bonchev–Trinajstić information content (AvgIpc) is 2.26. The first-order chi connectivity index (χ1) is 7.72. The molecule has 0 aliphatic carbocycles. The van der Waals surface area contributed by atoms with Crippen molar-refractivity contribution in [3.05, 3.63) is 36.5 Å². The molecule has 0 bridgehead atoms. The van der Waals surface area contributed by atoms with E-state index in [0.29, 0.717) is 0 Å². The first-order valence-electron chi connectivity index (χ1n) is 5.97. The average molecular weight is 221 g/mol. The maximum absolute atomic E-state index is 11.1. The van der Waals surface area contributed by atoms with Gasteiger partial charge in [-0.15, -0.1) is 0 Å². The van der Waals surface area contributed by atoms with E-state index in [1.807, 2.05) is 43.4 Å². The van der Waals surface area contributed by atoms with E-state index in [-0.39, 0.29) is 11.8 Å². The van der Waals surface area contributed by atoms with Crippen LogP contribution in [0.25, 0.3) is 0 Å². The van der Waals surface area contributed by atoms with Gasteiger partial charge in [0, 0.05) is 0 Å². The topological polar surface area (TPSA) is 43.1 Å². The lowest BCUT2D eigenvalue weighted by atomic mass is 10.00. The van der Waals surface area contributed by atoms with Crippen molar-refractivity contribution < 1.29 is 4.79 Å². The lowest BCUT2D eigenvalue weighted by Gasteiger charge is -2.06. The van der Waals surface area contributed by atoms with E-state index in [9.17, 15) is 4.79 Å². The Labute approximate surface area is 98.9 Å². The number of carbonyl (C=O) groups excluding carboxylic acids is 1. The minimum atomic E-state index is -0.230. The summed E-state index contributed by atoms with van der Waals surface area (Å²) in [5.74, 6) is -0.353. The van der Waals surface area contributed by atoms with Crippen LogP contribution >= 0.6 is 0 Å². The molecule has 16 heavy (non-hydrogen) atoms. The largest absolute Gasteiger partial charge is 0.369 e. The number of allylic oxidation sites excluding steroid dienone is 5. The zero-order valence-electron chi connectivity index (χ0n) is 10.4. The summed E-state index contributed by atoms with van der Waals surface area (Å²) in [4.78, 5) is 11.1. The van der Waals surface area contributed by atoms with Crippen molar-refractivity contribution in [2.24, 2.45) is 11.7 Å².